The number of rotatable bonds is 5. The number of halogens is 1. The van der Waals surface area contributed by atoms with Crippen LogP contribution in [0.25, 0.3) is 0 Å². The van der Waals surface area contributed by atoms with Crippen molar-refractivity contribution in [3.05, 3.63) is 63.8 Å². The van der Waals surface area contributed by atoms with Gasteiger partial charge in [-0.2, -0.15) is 5.10 Å². The number of nitrogens with one attached hydrogen (secondary N) is 1. The van der Waals surface area contributed by atoms with E-state index in [1.54, 1.807) is 28.7 Å². The van der Waals surface area contributed by atoms with E-state index < -0.39 is 0 Å². The second kappa shape index (κ2) is 6.07. The third-order valence-corrected chi connectivity index (χ3v) is 4.14. The Morgan fingerprint density at radius 3 is 2.75 bits per heavy atom. The standard InChI is InChI=1S/C14H13ClN4S/c15-12-5-14(20-8-12)6-17-13-3-1-11(2-4-13)7-19-10-16-9-18-19/h1-5,8-10,17H,6-7H2. The molecular formula is C14H13ClN4S. The zero-order chi connectivity index (χ0) is 13.8. The summed E-state index contributed by atoms with van der Waals surface area (Å²) in [6.07, 6.45) is 3.26. The first-order valence-corrected chi connectivity index (χ1v) is 7.43. The van der Waals surface area contributed by atoms with Crippen LogP contribution < -0.4 is 5.32 Å². The molecule has 0 amide bonds. The van der Waals surface area contributed by atoms with Crippen LogP contribution in [0.2, 0.25) is 5.02 Å². The summed E-state index contributed by atoms with van der Waals surface area (Å²) in [5.74, 6) is 0. The largest absolute Gasteiger partial charge is 0.380 e. The quantitative estimate of drug-likeness (QED) is 0.782. The highest BCUT2D eigenvalue weighted by Gasteiger charge is 1.99. The van der Waals surface area contributed by atoms with E-state index in [2.05, 4.69) is 39.7 Å². The molecule has 0 fully saturated rings. The Hall–Kier alpha value is -1.85. The lowest BCUT2D eigenvalue weighted by atomic mass is 10.2. The first-order valence-electron chi connectivity index (χ1n) is 6.18. The van der Waals surface area contributed by atoms with Crippen LogP contribution in [0.15, 0.2) is 48.4 Å². The van der Waals surface area contributed by atoms with Crippen molar-refractivity contribution in [3.8, 4) is 0 Å². The summed E-state index contributed by atoms with van der Waals surface area (Å²) in [6, 6.07) is 10.3. The van der Waals surface area contributed by atoms with E-state index in [1.165, 1.54) is 10.4 Å². The predicted octanol–water partition coefficient (Wildman–Crippen LogP) is 3.65. The van der Waals surface area contributed by atoms with Crippen molar-refractivity contribution in [2.75, 3.05) is 5.32 Å². The maximum Gasteiger partial charge on any atom is 0.137 e. The molecule has 2 heterocycles. The van der Waals surface area contributed by atoms with E-state index in [-0.39, 0.29) is 0 Å². The van der Waals surface area contributed by atoms with Gasteiger partial charge in [0.15, 0.2) is 0 Å². The molecule has 1 N–H and O–H groups in total. The zero-order valence-electron chi connectivity index (χ0n) is 10.7. The van der Waals surface area contributed by atoms with Gasteiger partial charge in [-0.1, -0.05) is 23.7 Å². The third-order valence-electron chi connectivity index (χ3n) is 2.85. The number of nitrogens with zero attached hydrogens (tertiary/aromatic N) is 3. The first-order chi connectivity index (χ1) is 9.79. The van der Waals surface area contributed by atoms with E-state index in [9.17, 15) is 0 Å². The van der Waals surface area contributed by atoms with Crippen molar-refractivity contribution < 1.29 is 0 Å². The van der Waals surface area contributed by atoms with Gasteiger partial charge in [-0.3, -0.25) is 0 Å². The molecule has 2 aromatic heterocycles. The monoisotopic (exact) mass is 304 g/mol. The van der Waals surface area contributed by atoms with Crippen molar-refractivity contribution in [3.63, 3.8) is 0 Å². The molecule has 1 aromatic carbocycles. The molecular weight excluding hydrogens is 292 g/mol. The zero-order valence-corrected chi connectivity index (χ0v) is 12.2. The SMILES string of the molecule is Clc1csc(CNc2ccc(Cn3cncn3)cc2)c1. The Kier molecular flexibility index (Phi) is 3.99. The molecule has 0 aliphatic heterocycles. The van der Waals surface area contributed by atoms with E-state index in [0.717, 1.165) is 23.8 Å². The highest BCUT2D eigenvalue weighted by molar-refractivity contribution is 7.10. The highest BCUT2D eigenvalue weighted by Crippen LogP contribution is 2.20. The van der Waals surface area contributed by atoms with Crippen LogP contribution in [-0.2, 0) is 13.1 Å². The average molecular weight is 305 g/mol. The van der Waals surface area contributed by atoms with Gasteiger partial charge in [-0.25, -0.2) is 9.67 Å². The fourth-order valence-electron chi connectivity index (χ4n) is 1.87. The minimum Gasteiger partial charge on any atom is -0.380 e. The van der Waals surface area contributed by atoms with Gasteiger partial charge in [0.1, 0.15) is 12.7 Å². The molecule has 4 nitrogen and oxygen atoms in total. The first kappa shape index (κ1) is 13.1. The van der Waals surface area contributed by atoms with Crippen molar-refractivity contribution in [1.29, 1.82) is 0 Å². The smallest absolute Gasteiger partial charge is 0.137 e. The molecule has 3 rings (SSSR count). The Bertz CT molecular complexity index is 661. The summed E-state index contributed by atoms with van der Waals surface area (Å²) in [5, 5.41) is 10.2. The van der Waals surface area contributed by atoms with Crippen LogP contribution >= 0.6 is 22.9 Å². The van der Waals surface area contributed by atoms with Gasteiger partial charge < -0.3 is 5.32 Å². The van der Waals surface area contributed by atoms with E-state index in [4.69, 9.17) is 11.6 Å². The number of hydrogen-bond donors (Lipinski definition) is 1. The summed E-state index contributed by atoms with van der Waals surface area (Å²) in [5.41, 5.74) is 2.29. The van der Waals surface area contributed by atoms with Gasteiger partial charge in [0.2, 0.25) is 0 Å². The Morgan fingerprint density at radius 1 is 1.25 bits per heavy atom. The molecule has 0 bridgehead atoms. The van der Waals surface area contributed by atoms with E-state index >= 15 is 0 Å². The third kappa shape index (κ3) is 3.37. The highest BCUT2D eigenvalue weighted by atomic mass is 35.5. The van der Waals surface area contributed by atoms with E-state index in [0.29, 0.717) is 0 Å². The van der Waals surface area contributed by atoms with Gasteiger partial charge in [0.05, 0.1) is 11.6 Å². The van der Waals surface area contributed by atoms with Gasteiger partial charge in [-0.15, -0.1) is 11.3 Å². The lowest BCUT2D eigenvalue weighted by Crippen LogP contribution is -2.01. The summed E-state index contributed by atoms with van der Waals surface area (Å²) in [4.78, 5) is 5.15. The second-order valence-corrected chi connectivity index (χ2v) is 5.81. The van der Waals surface area contributed by atoms with Crippen LogP contribution in [0.5, 0.6) is 0 Å². The van der Waals surface area contributed by atoms with E-state index in [1.807, 2.05) is 11.4 Å². The summed E-state index contributed by atoms with van der Waals surface area (Å²) < 4.78 is 1.80. The Morgan fingerprint density at radius 2 is 2.10 bits per heavy atom. The minimum atomic E-state index is 0.737. The number of anilines is 1. The average Bonchev–Trinajstić information content (AvgIpc) is 3.10. The summed E-state index contributed by atoms with van der Waals surface area (Å²) in [6.45, 7) is 1.53. The van der Waals surface area contributed by atoms with Crippen LogP contribution in [-0.4, -0.2) is 14.8 Å². The summed E-state index contributed by atoms with van der Waals surface area (Å²) in [7, 11) is 0. The normalized spacial score (nSPS) is 10.7. The molecule has 0 saturated heterocycles. The molecule has 0 atom stereocenters. The van der Waals surface area contributed by atoms with Gasteiger partial charge >= 0.3 is 0 Å². The number of benzene rings is 1. The fourth-order valence-corrected chi connectivity index (χ4v) is 2.88. The van der Waals surface area contributed by atoms with Crippen LogP contribution in [0.4, 0.5) is 5.69 Å². The van der Waals surface area contributed by atoms with Crippen LogP contribution in [0.1, 0.15) is 10.4 Å². The topological polar surface area (TPSA) is 42.7 Å². The predicted molar refractivity (Wildman–Crippen MR) is 82.2 cm³/mol. The molecule has 0 saturated carbocycles. The molecule has 0 unspecified atom stereocenters. The van der Waals surface area contributed by atoms with Crippen molar-refractivity contribution >= 4 is 28.6 Å². The van der Waals surface area contributed by atoms with Crippen molar-refractivity contribution in [1.82, 2.24) is 14.8 Å². The fraction of sp³-hybridized carbons (Fsp3) is 0.143. The van der Waals surface area contributed by atoms with Crippen molar-refractivity contribution in [2.24, 2.45) is 0 Å². The molecule has 0 spiro atoms. The number of thiophene rings is 1. The molecule has 0 radical (unpaired) electrons. The molecule has 102 valence electrons. The lowest BCUT2D eigenvalue weighted by Gasteiger charge is -2.06. The lowest BCUT2D eigenvalue weighted by molar-refractivity contribution is 0.685. The second-order valence-electron chi connectivity index (χ2n) is 4.37. The molecule has 20 heavy (non-hydrogen) atoms. The summed E-state index contributed by atoms with van der Waals surface area (Å²) >= 11 is 7.56. The number of hydrogen-bond acceptors (Lipinski definition) is 4. The molecule has 0 aliphatic carbocycles. The Balaban J connectivity index is 1.58. The minimum absolute atomic E-state index is 0.737. The van der Waals surface area contributed by atoms with Crippen LogP contribution in [0, 0.1) is 0 Å². The van der Waals surface area contributed by atoms with Gasteiger partial charge in [0, 0.05) is 22.5 Å². The van der Waals surface area contributed by atoms with Gasteiger partial charge in [0.25, 0.3) is 0 Å². The van der Waals surface area contributed by atoms with Gasteiger partial charge in [-0.05, 0) is 23.8 Å². The maximum absolute atomic E-state index is 5.90. The molecule has 0 aliphatic rings. The Labute approximate surface area is 126 Å². The number of aromatic nitrogens is 3. The van der Waals surface area contributed by atoms with Crippen LogP contribution in [0.3, 0.4) is 0 Å². The maximum atomic E-state index is 5.90. The van der Waals surface area contributed by atoms with Crippen molar-refractivity contribution in [2.45, 2.75) is 13.1 Å². The molecule has 3 aromatic rings. The molecule has 6 heteroatoms.